The van der Waals surface area contributed by atoms with Crippen molar-refractivity contribution < 1.29 is 9.90 Å². The Balaban J connectivity index is 1.59. The fourth-order valence-corrected chi connectivity index (χ4v) is 5.06. The molecule has 2 unspecified atom stereocenters. The second-order valence-corrected chi connectivity index (χ2v) is 9.61. The number of carboxylic acid groups (broad SMARTS) is 1. The lowest BCUT2D eigenvalue weighted by atomic mass is 10.1. The molecular formula is C24H26ClN5O3. The number of hydrogen-bond acceptors (Lipinski definition) is 6. The van der Waals surface area contributed by atoms with Crippen LogP contribution in [0.1, 0.15) is 53.0 Å². The van der Waals surface area contributed by atoms with Crippen LogP contribution in [-0.4, -0.2) is 38.5 Å². The molecule has 0 radical (unpaired) electrons. The van der Waals surface area contributed by atoms with Crippen molar-refractivity contribution in [3.05, 3.63) is 62.3 Å². The highest BCUT2D eigenvalue weighted by atomic mass is 35.5. The fraction of sp³-hybridized carbons (Fsp3) is 0.417. The Bertz CT molecular complexity index is 1340. The lowest BCUT2D eigenvalue weighted by Crippen LogP contribution is -2.35. The zero-order valence-electron chi connectivity index (χ0n) is 18.8. The number of nitrogens with zero attached hydrogens (tertiary/aromatic N) is 4. The molecule has 172 valence electrons. The molecule has 8 nitrogen and oxygen atoms in total. The number of hydrogen-bond donors (Lipinski definition) is 2. The number of fused-ring (bicyclic) bond motifs is 2. The molecule has 2 aliphatic rings. The lowest BCUT2D eigenvalue weighted by Gasteiger charge is -2.29. The van der Waals surface area contributed by atoms with Crippen LogP contribution in [0.2, 0.25) is 5.15 Å². The van der Waals surface area contributed by atoms with E-state index in [4.69, 9.17) is 16.6 Å². The molecule has 0 bridgehead atoms. The zero-order valence-corrected chi connectivity index (χ0v) is 19.6. The molecule has 9 heteroatoms. The Morgan fingerprint density at radius 3 is 2.79 bits per heavy atom. The molecule has 2 fully saturated rings. The summed E-state index contributed by atoms with van der Waals surface area (Å²) >= 11 is 5.90. The van der Waals surface area contributed by atoms with E-state index in [1.165, 1.54) is 6.42 Å². The van der Waals surface area contributed by atoms with Crippen LogP contribution in [0.25, 0.3) is 5.65 Å². The Hall–Kier alpha value is -3.13. The minimum atomic E-state index is -1.17. The highest BCUT2D eigenvalue weighted by molar-refractivity contribution is 6.29. The van der Waals surface area contributed by atoms with Crippen molar-refractivity contribution in [2.45, 2.75) is 39.7 Å². The second kappa shape index (κ2) is 8.02. The number of aromatic carboxylic acids is 1. The molecule has 4 heterocycles. The quantitative estimate of drug-likeness (QED) is 0.545. The summed E-state index contributed by atoms with van der Waals surface area (Å²) in [5.41, 5.74) is 3.06. The molecule has 0 amide bonds. The van der Waals surface area contributed by atoms with E-state index in [0.717, 1.165) is 42.4 Å². The van der Waals surface area contributed by atoms with Gasteiger partial charge in [0.2, 0.25) is 0 Å². The topological polar surface area (TPSA) is 99.8 Å². The monoisotopic (exact) mass is 467 g/mol. The summed E-state index contributed by atoms with van der Waals surface area (Å²) in [4.78, 5) is 36.2. The first kappa shape index (κ1) is 21.7. The molecule has 1 saturated carbocycles. The van der Waals surface area contributed by atoms with E-state index in [0.29, 0.717) is 22.8 Å². The number of nitrogens with one attached hydrogen (secondary N) is 1. The van der Waals surface area contributed by atoms with Gasteiger partial charge in [0.15, 0.2) is 5.69 Å². The van der Waals surface area contributed by atoms with Gasteiger partial charge in [0, 0.05) is 24.8 Å². The van der Waals surface area contributed by atoms with Crippen LogP contribution < -0.4 is 15.8 Å². The van der Waals surface area contributed by atoms with Crippen molar-refractivity contribution >= 4 is 34.7 Å². The van der Waals surface area contributed by atoms with Gasteiger partial charge in [-0.1, -0.05) is 11.6 Å². The predicted octanol–water partition coefficient (Wildman–Crippen LogP) is 4.08. The Morgan fingerprint density at radius 2 is 2.06 bits per heavy atom. The van der Waals surface area contributed by atoms with E-state index in [1.807, 2.05) is 26.8 Å². The molecule has 33 heavy (non-hydrogen) atoms. The van der Waals surface area contributed by atoms with Crippen LogP contribution in [0.3, 0.4) is 0 Å². The summed E-state index contributed by atoms with van der Waals surface area (Å²) in [6.07, 6.45) is 4.22. The molecule has 1 saturated heterocycles. The highest BCUT2D eigenvalue weighted by Gasteiger charge is 2.42. The number of rotatable bonds is 5. The van der Waals surface area contributed by atoms with Gasteiger partial charge < -0.3 is 15.3 Å². The summed E-state index contributed by atoms with van der Waals surface area (Å²) in [5, 5.41) is 12.9. The molecule has 5 rings (SSSR count). The van der Waals surface area contributed by atoms with E-state index in [2.05, 4.69) is 15.2 Å². The van der Waals surface area contributed by atoms with Crippen molar-refractivity contribution in [2.24, 2.45) is 11.8 Å². The number of halogens is 1. The Labute approximate surface area is 196 Å². The van der Waals surface area contributed by atoms with Crippen LogP contribution in [0, 0.1) is 25.7 Å². The van der Waals surface area contributed by atoms with E-state index in [-0.39, 0.29) is 22.4 Å². The lowest BCUT2D eigenvalue weighted by molar-refractivity contribution is 0.0691. The molecule has 1 aliphatic heterocycles. The van der Waals surface area contributed by atoms with Gasteiger partial charge in [-0.05, 0) is 69.2 Å². The van der Waals surface area contributed by atoms with Crippen molar-refractivity contribution in [3.8, 4) is 0 Å². The molecule has 0 aromatic carbocycles. The van der Waals surface area contributed by atoms with Crippen LogP contribution in [0.4, 0.5) is 11.5 Å². The summed E-state index contributed by atoms with van der Waals surface area (Å²) in [6, 6.07) is 4.79. The van der Waals surface area contributed by atoms with Gasteiger partial charge in [-0.2, -0.15) is 0 Å². The van der Waals surface area contributed by atoms with Gasteiger partial charge >= 0.3 is 5.97 Å². The third-order valence-corrected chi connectivity index (χ3v) is 7.00. The standard InChI is InChI=1S/C24H26ClN5O3/c1-12-8-17(14(3)26-18-4-5-19(25)27-20(18)24(32)33)22-28-21(13(2)23(31)30(22)10-12)29-7-6-15-9-16(15)11-29/h4-5,8,10,14-16,26H,6-7,9,11H2,1-3H3,(H,32,33)/t14-,15?,16?/m1/s1. The highest BCUT2D eigenvalue weighted by Crippen LogP contribution is 2.45. The summed E-state index contributed by atoms with van der Waals surface area (Å²) < 4.78 is 1.60. The number of aromatic nitrogens is 3. The van der Waals surface area contributed by atoms with E-state index < -0.39 is 5.97 Å². The maximum Gasteiger partial charge on any atom is 0.356 e. The maximum atomic E-state index is 13.3. The average molecular weight is 468 g/mol. The summed E-state index contributed by atoms with van der Waals surface area (Å²) in [7, 11) is 0. The van der Waals surface area contributed by atoms with Crippen molar-refractivity contribution in [1.29, 1.82) is 0 Å². The molecule has 3 atom stereocenters. The number of anilines is 2. The van der Waals surface area contributed by atoms with Crippen molar-refractivity contribution in [3.63, 3.8) is 0 Å². The molecular weight excluding hydrogens is 442 g/mol. The first-order valence-corrected chi connectivity index (χ1v) is 11.6. The average Bonchev–Trinajstić information content (AvgIpc) is 3.56. The zero-order chi connectivity index (χ0) is 23.4. The summed E-state index contributed by atoms with van der Waals surface area (Å²) in [5.74, 6) is 1.13. The van der Waals surface area contributed by atoms with Gasteiger partial charge in [0.1, 0.15) is 16.6 Å². The number of piperidine rings is 1. The van der Waals surface area contributed by atoms with Crippen LogP contribution in [0.5, 0.6) is 0 Å². The van der Waals surface area contributed by atoms with Gasteiger partial charge in [0.25, 0.3) is 5.56 Å². The maximum absolute atomic E-state index is 13.3. The molecule has 3 aromatic rings. The SMILES string of the molecule is Cc1cc([C@@H](C)Nc2ccc(Cl)nc2C(=O)O)c2nc(N3CCC4CC4C3)c(C)c(=O)n2c1. The first-order chi connectivity index (χ1) is 15.7. The molecule has 0 spiro atoms. The van der Waals surface area contributed by atoms with Crippen LogP contribution >= 0.6 is 11.6 Å². The largest absolute Gasteiger partial charge is 0.476 e. The smallest absolute Gasteiger partial charge is 0.356 e. The number of carboxylic acids is 1. The first-order valence-electron chi connectivity index (χ1n) is 11.2. The third-order valence-electron chi connectivity index (χ3n) is 6.78. The van der Waals surface area contributed by atoms with Gasteiger partial charge in [0.05, 0.1) is 17.3 Å². The van der Waals surface area contributed by atoms with E-state index in [1.54, 1.807) is 22.7 Å². The number of carbonyl (C=O) groups is 1. The van der Waals surface area contributed by atoms with Gasteiger partial charge in [-0.3, -0.25) is 9.20 Å². The Kier molecular flexibility index (Phi) is 5.28. The van der Waals surface area contributed by atoms with E-state index >= 15 is 0 Å². The summed E-state index contributed by atoms with van der Waals surface area (Å²) in [6.45, 7) is 7.55. The predicted molar refractivity (Wildman–Crippen MR) is 128 cm³/mol. The van der Waals surface area contributed by atoms with Crippen molar-refractivity contribution in [1.82, 2.24) is 14.4 Å². The van der Waals surface area contributed by atoms with E-state index in [9.17, 15) is 14.7 Å². The van der Waals surface area contributed by atoms with Crippen LogP contribution in [-0.2, 0) is 0 Å². The fourth-order valence-electron chi connectivity index (χ4n) is 4.91. The normalized spacial score (nSPS) is 20.4. The van der Waals surface area contributed by atoms with Gasteiger partial charge in [-0.15, -0.1) is 0 Å². The number of pyridine rings is 2. The van der Waals surface area contributed by atoms with Crippen molar-refractivity contribution in [2.75, 3.05) is 23.3 Å². The Morgan fingerprint density at radius 1 is 1.27 bits per heavy atom. The minimum absolute atomic E-state index is 0.0792. The second-order valence-electron chi connectivity index (χ2n) is 9.22. The molecule has 1 aliphatic carbocycles. The molecule has 2 N–H and O–H groups in total. The number of aryl methyl sites for hydroxylation is 1. The third kappa shape index (κ3) is 3.93. The van der Waals surface area contributed by atoms with Gasteiger partial charge in [-0.25, -0.2) is 14.8 Å². The van der Waals surface area contributed by atoms with Crippen LogP contribution in [0.15, 0.2) is 29.2 Å². The minimum Gasteiger partial charge on any atom is -0.476 e. The molecule has 3 aromatic heterocycles.